The minimum absolute atomic E-state index is 0.611. The quantitative estimate of drug-likeness (QED) is 0.831. The maximum atomic E-state index is 10.0. The summed E-state index contributed by atoms with van der Waals surface area (Å²) in [5.41, 5.74) is 2.14. The van der Waals surface area contributed by atoms with Crippen molar-refractivity contribution in [2.45, 2.75) is 25.9 Å². The first-order valence-electron chi connectivity index (χ1n) is 6.26. The fourth-order valence-electron chi connectivity index (χ4n) is 2.50. The summed E-state index contributed by atoms with van der Waals surface area (Å²) in [5.74, 6) is 0.895. The van der Waals surface area contributed by atoms with Gasteiger partial charge in [-0.3, -0.25) is 0 Å². The summed E-state index contributed by atoms with van der Waals surface area (Å²) in [6, 6.07) is 7.88. The van der Waals surface area contributed by atoms with Crippen LogP contribution in [-0.4, -0.2) is 33.8 Å². The minimum atomic E-state index is -0.611. The van der Waals surface area contributed by atoms with Crippen LogP contribution >= 0.6 is 0 Å². The number of fused-ring (bicyclic) bond motifs is 1. The van der Waals surface area contributed by atoms with Gasteiger partial charge in [-0.2, -0.15) is 0 Å². The molecular weight excluding hydrogens is 226 g/mol. The Morgan fingerprint density at radius 2 is 1.89 bits per heavy atom. The van der Waals surface area contributed by atoms with Gasteiger partial charge in [0.1, 0.15) is 0 Å². The van der Waals surface area contributed by atoms with E-state index in [0.29, 0.717) is 6.54 Å². The van der Waals surface area contributed by atoms with Gasteiger partial charge in [0.2, 0.25) is 0 Å². The lowest BCUT2D eigenvalue weighted by Gasteiger charge is -2.21. The Morgan fingerprint density at radius 1 is 1.22 bits per heavy atom. The average Bonchev–Trinajstić information content (AvgIpc) is 2.68. The highest BCUT2D eigenvalue weighted by Gasteiger charge is 2.32. The molecule has 3 rings (SSSR count). The van der Waals surface area contributed by atoms with Crippen LogP contribution in [0.3, 0.4) is 0 Å². The van der Waals surface area contributed by atoms with E-state index in [-0.39, 0.29) is 0 Å². The molecule has 0 aliphatic carbocycles. The predicted molar refractivity (Wildman–Crippen MR) is 71.7 cm³/mol. The van der Waals surface area contributed by atoms with Gasteiger partial charge in [0.15, 0.2) is 5.82 Å². The van der Waals surface area contributed by atoms with Gasteiger partial charge in [-0.25, -0.2) is 9.97 Å². The number of hydrogen-bond donors (Lipinski definition) is 1. The average molecular weight is 243 g/mol. The summed E-state index contributed by atoms with van der Waals surface area (Å²) < 4.78 is 0. The van der Waals surface area contributed by atoms with Gasteiger partial charge in [0, 0.05) is 13.1 Å². The molecule has 4 nitrogen and oxygen atoms in total. The lowest BCUT2D eigenvalue weighted by molar-refractivity contribution is 0.0839. The van der Waals surface area contributed by atoms with Gasteiger partial charge >= 0.3 is 0 Å². The second-order valence-electron chi connectivity index (χ2n) is 5.29. The Kier molecular flexibility index (Phi) is 2.48. The van der Waals surface area contributed by atoms with Crippen molar-refractivity contribution in [1.82, 2.24) is 9.97 Å². The van der Waals surface area contributed by atoms with E-state index in [9.17, 15) is 5.11 Å². The molecule has 2 aromatic rings. The molecule has 0 bridgehead atoms. The Hall–Kier alpha value is -1.68. The summed E-state index contributed by atoms with van der Waals surface area (Å²) in [6.45, 7) is 5.31. The van der Waals surface area contributed by atoms with Crippen LogP contribution in [0.2, 0.25) is 0 Å². The number of rotatable bonds is 1. The molecule has 1 fully saturated rings. The van der Waals surface area contributed by atoms with Crippen LogP contribution in [0.15, 0.2) is 24.3 Å². The summed E-state index contributed by atoms with van der Waals surface area (Å²) >= 11 is 0. The minimum Gasteiger partial charge on any atom is -0.388 e. The Morgan fingerprint density at radius 3 is 2.50 bits per heavy atom. The Bertz CT molecular complexity index is 595. The molecule has 0 radical (unpaired) electrons. The summed E-state index contributed by atoms with van der Waals surface area (Å²) in [4.78, 5) is 11.4. The third-order valence-corrected chi connectivity index (χ3v) is 3.47. The number of aryl methyl sites for hydroxylation is 1. The molecule has 1 atom stereocenters. The predicted octanol–water partition coefficient (Wildman–Crippen LogP) is 1.90. The Labute approximate surface area is 106 Å². The number of para-hydroxylation sites is 2. The van der Waals surface area contributed by atoms with Crippen molar-refractivity contribution in [3.8, 4) is 0 Å². The number of nitrogens with zero attached hydrogens (tertiary/aromatic N) is 3. The number of aromatic nitrogens is 2. The molecule has 0 spiro atoms. The zero-order chi connectivity index (χ0) is 12.8. The van der Waals surface area contributed by atoms with E-state index in [4.69, 9.17) is 0 Å². The van der Waals surface area contributed by atoms with Crippen LogP contribution in [0.1, 0.15) is 19.0 Å². The van der Waals surface area contributed by atoms with Crippen LogP contribution in [-0.2, 0) is 0 Å². The first-order chi connectivity index (χ1) is 8.55. The molecule has 1 unspecified atom stereocenters. The summed E-state index contributed by atoms with van der Waals surface area (Å²) in [5, 5.41) is 10.0. The van der Waals surface area contributed by atoms with E-state index in [1.54, 1.807) is 0 Å². The third-order valence-electron chi connectivity index (χ3n) is 3.47. The molecule has 0 amide bonds. The van der Waals surface area contributed by atoms with Gasteiger partial charge in [-0.05, 0) is 32.4 Å². The summed E-state index contributed by atoms with van der Waals surface area (Å²) in [7, 11) is 0. The first-order valence-corrected chi connectivity index (χ1v) is 6.26. The molecule has 1 N–H and O–H groups in total. The molecule has 4 heteroatoms. The second-order valence-corrected chi connectivity index (χ2v) is 5.29. The van der Waals surface area contributed by atoms with E-state index < -0.39 is 5.60 Å². The van der Waals surface area contributed by atoms with Gasteiger partial charge in [-0.15, -0.1) is 0 Å². The van der Waals surface area contributed by atoms with Crippen LogP contribution in [0.25, 0.3) is 11.0 Å². The number of anilines is 1. The molecule has 94 valence electrons. The number of aliphatic hydroxyl groups is 1. The van der Waals surface area contributed by atoms with Crippen LogP contribution in [0.5, 0.6) is 0 Å². The molecule has 2 heterocycles. The van der Waals surface area contributed by atoms with Crippen molar-refractivity contribution in [3.05, 3.63) is 30.0 Å². The fourth-order valence-corrected chi connectivity index (χ4v) is 2.50. The van der Waals surface area contributed by atoms with Crippen LogP contribution in [0.4, 0.5) is 5.82 Å². The van der Waals surface area contributed by atoms with Crippen molar-refractivity contribution in [3.63, 3.8) is 0 Å². The monoisotopic (exact) mass is 243 g/mol. The zero-order valence-corrected chi connectivity index (χ0v) is 10.7. The van der Waals surface area contributed by atoms with Gasteiger partial charge in [0.25, 0.3) is 0 Å². The topological polar surface area (TPSA) is 49.2 Å². The van der Waals surface area contributed by atoms with Gasteiger partial charge in [0.05, 0.1) is 22.3 Å². The van der Waals surface area contributed by atoms with E-state index in [0.717, 1.165) is 35.5 Å². The van der Waals surface area contributed by atoms with Crippen LogP contribution < -0.4 is 4.90 Å². The normalized spacial score (nSPS) is 23.8. The van der Waals surface area contributed by atoms with Crippen molar-refractivity contribution >= 4 is 16.9 Å². The molecule has 1 aliphatic rings. The molecule has 1 aromatic heterocycles. The number of β-amino-alcohol motifs (C(OH)–C–C–N with tert-alkyl or cyclic N) is 1. The fraction of sp³-hybridized carbons (Fsp3) is 0.429. The molecule has 18 heavy (non-hydrogen) atoms. The maximum Gasteiger partial charge on any atom is 0.150 e. The molecule has 1 saturated heterocycles. The van der Waals surface area contributed by atoms with Crippen molar-refractivity contribution in [1.29, 1.82) is 0 Å². The third kappa shape index (κ3) is 1.93. The largest absolute Gasteiger partial charge is 0.388 e. The van der Waals surface area contributed by atoms with E-state index in [1.165, 1.54) is 0 Å². The molecule has 1 aliphatic heterocycles. The SMILES string of the molecule is Cc1nc2ccccc2nc1N1CCC(C)(O)C1. The van der Waals surface area contributed by atoms with Crippen molar-refractivity contribution in [2.75, 3.05) is 18.0 Å². The van der Waals surface area contributed by atoms with Crippen molar-refractivity contribution < 1.29 is 5.11 Å². The van der Waals surface area contributed by atoms with E-state index in [1.807, 2.05) is 38.1 Å². The lowest BCUT2D eigenvalue weighted by atomic mass is 10.1. The maximum absolute atomic E-state index is 10.0. The molecule has 1 aromatic carbocycles. The van der Waals surface area contributed by atoms with Gasteiger partial charge in [-0.1, -0.05) is 12.1 Å². The smallest absolute Gasteiger partial charge is 0.150 e. The summed E-state index contributed by atoms with van der Waals surface area (Å²) in [6.07, 6.45) is 0.779. The molecular formula is C14H17N3O. The number of benzene rings is 1. The highest BCUT2D eigenvalue weighted by atomic mass is 16.3. The second kappa shape index (κ2) is 3.92. The molecule has 0 saturated carbocycles. The van der Waals surface area contributed by atoms with Gasteiger partial charge < -0.3 is 10.0 Å². The van der Waals surface area contributed by atoms with Crippen molar-refractivity contribution in [2.24, 2.45) is 0 Å². The Balaban J connectivity index is 2.04. The zero-order valence-electron chi connectivity index (χ0n) is 10.7. The highest BCUT2D eigenvalue weighted by molar-refractivity contribution is 5.76. The van der Waals surface area contributed by atoms with Crippen LogP contribution in [0, 0.1) is 6.92 Å². The van der Waals surface area contributed by atoms with E-state index >= 15 is 0 Å². The lowest BCUT2D eigenvalue weighted by Crippen LogP contribution is -2.30. The number of hydrogen-bond acceptors (Lipinski definition) is 4. The first kappa shape index (κ1) is 11.4. The standard InChI is InChI=1S/C14H17N3O/c1-10-13(17-8-7-14(2,18)9-17)16-12-6-4-3-5-11(12)15-10/h3-6,18H,7-9H2,1-2H3. The highest BCUT2D eigenvalue weighted by Crippen LogP contribution is 2.27. The van der Waals surface area contributed by atoms with E-state index in [2.05, 4.69) is 14.9 Å².